The minimum absolute atomic E-state index is 0.158. The van der Waals surface area contributed by atoms with Gasteiger partial charge in [0.15, 0.2) is 18.1 Å². The van der Waals surface area contributed by atoms with Crippen LogP contribution >= 0.6 is 0 Å². The molecule has 30 heavy (non-hydrogen) atoms. The number of amides is 1. The molecule has 0 heterocycles. The number of benzene rings is 2. The Bertz CT molecular complexity index is 854. The lowest BCUT2D eigenvalue weighted by atomic mass is 10.0. The highest BCUT2D eigenvalue weighted by Gasteiger charge is 2.13. The van der Waals surface area contributed by atoms with Gasteiger partial charge >= 0.3 is 5.97 Å². The zero-order valence-electron chi connectivity index (χ0n) is 17.6. The summed E-state index contributed by atoms with van der Waals surface area (Å²) in [5, 5.41) is 2.77. The van der Waals surface area contributed by atoms with Crippen molar-refractivity contribution in [2.45, 2.75) is 12.8 Å². The van der Waals surface area contributed by atoms with Crippen molar-refractivity contribution in [3.05, 3.63) is 59.7 Å². The van der Waals surface area contributed by atoms with E-state index in [0.717, 1.165) is 5.56 Å². The van der Waals surface area contributed by atoms with Crippen LogP contribution in [0.4, 0.5) is 0 Å². The van der Waals surface area contributed by atoms with Crippen molar-refractivity contribution in [1.29, 1.82) is 0 Å². The minimum Gasteiger partial charge on any atom is -0.493 e. The third kappa shape index (κ3) is 6.55. The maximum Gasteiger partial charge on any atom is 0.331 e. The summed E-state index contributed by atoms with van der Waals surface area (Å²) in [6.45, 7) is 2.13. The molecule has 7 nitrogen and oxygen atoms in total. The van der Waals surface area contributed by atoms with Crippen molar-refractivity contribution in [3.63, 3.8) is 0 Å². The molecular formula is C23H27NO6. The van der Waals surface area contributed by atoms with Crippen LogP contribution in [0.1, 0.15) is 24.0 Å². The van der Waals surface area contributed by atoms with Crippen LogP contribution in [0.25, 0.3) is 6.08 Å². The Kier molecular flexibility index (Phi) is 8.75. The molecule has 0 saturated carbocycles. The molecule has 0 fully saturated rings. The van der Waals surface area contributed by atoms with Gasteiger partial charge in [-0.15, -0.1) is 0 Å². The SMILES string of the molecule is COc1cc(/C=C/C(=O)OCC(=O)NC[C@H](C)c2ccccc2)cc(OC)c1OC. The van der Waals surface area contributed by atoms with Crippen LogP contribution in [-0.2, 0) is 14.3 Å². The van der Waals surface area contributed by atoms with Crippen molar-refractivity contribution < 1.29 is 28.5 Å². The Hall–Kier alpha value is -3.48. The summed E-state index contributed by atoms with van der Waals surface area (Å²) in [7, 11) is 4.53. The highest BCUT2D eigenvalue weighted by Crippen LogP contribution is 2.38. The topological polar surface area (TPSA) is 83.1 Å². The van der Waals surface area contributed by atoms with E-state index in [1.54, 1.807) is 18.2 Å². The molecule has 7 heteroatoms. The van der Waals surface area contributed by atoms with Crippen LogP contribution in [0.5, 0.6) is 17.2 Å². The first-order chi connectivity index (χ1) is 14.5. The van der Waals surface area contributed by atoms with Gasteiger partial charge in [0.2, 0.25) is 5.75 Å². The summed E-state index contributed by atoms with van der Waals surface area (Å²) in [6, 6.07) is 13.3. The average Bonchev–Trinajstić information content (AvgIpc) is 2.79. The van der Waals surface area contributed by atoms with Gasteiger partial charge in [-0.3, -0.25) is 4.79 Å². The predicted molar refractivity (Wildman–Crippen MR) is 114 cm³/mol. The van der Waals surface area contributed by atoms with Crippen molar-refractivity contribution in [1.82, 2.24) is 5.32 Å². The Labute approximate surface area is 176 Å². The third-order valence-electron chi connectivity index (χ3n) is 4.42. The second-order valence-electron chi connectivity index (χ2n) is 6.52. The number of rotatable bonds is 10. The zero-order valence-corrected chi connectivity index (χ0v) is 17.6. The molecule has 0 saturated heterocycles. The van der Waals surface area contributed by atoms with Gasteiger partial charge in [0.05, 0.1) is 21.3 Å². The lowest BCUT2D eigenvalue weighted by Gasteiger charge is -2.13. The minimum atomic E-state index is -0.630. The quantitative estimate of drug-likeness (QED) is 0.476. The summed E-state index contributed by atoms with van der Waals surface area (Å²) < 4.78 is 20.8. The van der Waals surface area contributed by atoms with Crippen molar-refractivity contribution >= 4 is 18.0 Å². The van der Waals surface area contributed by atoms with Crippen LogP contribution < -0.4 is 19.5 Å². The van der Waals surface area contributed by atoms with Crippen LogP contribution in [-0.4, -0.2) is 46.4 Å². The van der Waals surface area contributed by atoms with Gasteiger partial charge < -0.3 is 24.3 Å². The molecule has 1 atom stereocenters. The monoisotopic (exact) mass is 413 g/mol. The van der Waals surface area contributed by atoms with E-state index in [-0.39, 0.29) is 18.4 Å². The Morgan fingerprint density at radius 2 is 1.63 bits per heavy atom. The Morgan fingerprint density at radius 1 is 1.00 bits per heavy atom. The van der Waals surface area contributed by atoms with Crippen LogP contribution in [0.2, 0.25) is 0 Å². The second kappa shape index (κ2) is 11.5. The first kappa shape index (κ1) is 22.8. The molecule has 0 unspecified atom stereocenters. The molecular weight excluding hydrogens is 386 g/mol. The highest BCUT2D eigenvalue weighted by atomic mass is 16.5. The molecule has 0 bridgehead atoms. The summed E-state index contributed by atoms with van der Waals surface area (Å²) >= 11 is 0. The van der Waals surface area contributed by atoms with E-state index in [4.69, 9.17) is 18.9 Å². The van der Waals surface area contributed by atoms with Gasteiger partial charge in [-0.2, -0.15) is 0 Å². The number of ether oxygens (including phenoxy) is 4. The Morgan fingerprint density at radius 3 is 2.20 bits per heavy atom. The molecule has 160 valence electrons. The normalized spacial score (nSPS) is 11.6. The van der Waals surface area contributed by atoms with Crippen molar-refractivity contribution in [2.24, 2.45) is 0 Å². The first-order valence-corrected chi connectivity index (χ1v) is 9.45. The number of carbonyl (C=O) groups is 2. The maximum atomic E-state index is 11.9. The van der Waals surface area contributed by atoms with E-state index in [1.807, 2.05) is 37.3 Å². The van der Waals surface area contributed by atoms with Crippen LogP contribution in [0.3, 0.4) is 0 Å². The highest BCUT2D eigenvalue weighted by molar-refractivity contribution is 5.89. The molecule has 2 aromatic rings. The average molecular weight is 413 g/mol. The molecule has 2 aromatic carbocycles. The number of methoxy groups -OCH3 is 3. The summed E-state index contributed by atoms with van der Waals surface area (Å²) in [5.74, 6) is 0.572. The fourth-order valence-electron chi connectivity index (χ4n) is 2.76. The maximum absolute atomic E-state index is 11.9. The first-order valence-electron chi connectivity index (χ1n) is 9.45. The lowest BCUT2D eigenvalue weighted by Crippen LogP contribution is -2.31. The van der Waals surface area contributed by atoms with E-state index in [2.05, 4.69) is 5.32 Å². The van der Waals surface area contributed by atoms with Gasteiger partial charge in [-0.1, -0.05) is 37.3 Å². The molecule has 0 radical (unpaired) electrons. The lowest BCUT2D eigenvalue weighted by molar-refractivity contribution is -0.143. The standard InChI is InChI=1S/C23H27NO6/c1-16(18-8-6-5-7-9-18)14-24-21(25)15-30-22(26)11-10-17-12-19(27-2)23(29-4)20(13-17)28-3/h5-13,16H,14-15H2,1-4H3,(H,24,25)/b11-10+/t16-/m0/s1. The number of carbonyl (C=O) groups excluding carboxylic acids is 2. The van der Waals surface area contributed by atoms with Gasteiger partial charge in [-0.25, -0.2) is 4.79 Å². The Balaban J connectivity index is 1.85. The summed E-state index contributed by atoms with van der Waals surface area (Å²) in [5.41, 5.74) is 1.78. The second-order valence-corrected chi connectivity index (χ2v) is 6.52. The molecule has 2 rings (SSSR count). The van der Waals surface area contributed by atoms with Gasteiger partial charge in [0.1, 0.15) is 0 Å². The fraction of sp³-hybridized carbons (Fsp3) is 0.304. The van der Waals surface area contributed by atoms with E-state index in [1.165, 1.54) is 27.4 Å². The predicted octanol–water partition coefficient (Wildman–Crippen LogP) is 3.19. The van der Waals surface area contributed by atoms with E-state index < -0.39 is 5.97 Å². The van der Waals surface area contributed by atoms with Gasteiger partial charge in [-0.05, 0) is 35.3 Å². The van der Waals surface area contributed by atoms with E-state index in [9.17, 15) is 9.59 Å². The van der Waals surface area contributed by atoms with Gasteiger partial charge in [0, 0.05) is 12.6 Å². The van der Waals surface area contributed by atoms with E-state index >= 15 is 0 Å². The molecule has 0 aliphatic heterocycles. The van der Waals surface area contributed by atoms with Gasteiger partial charge in [0.25, 0.3) is 5.91 Å². The van der Waals surface area contributed by atoms with Crippen molar-refractivity contribution in [2.75, 3.05) is 34.5 Å². The number of hydrogen-bond donors (Lipinski definition) is 1. The molecule has 1 amide bonds. The number of esters is 1. The zero-order chi connectivity index (χ0) is 21.9. The largest absolute Gasteiger partial charge is 0.493 e. The fourth-order valence-corrected chi connectivity index (χ4v) is 2.76. The van der Waals surface area contributed by atoms with Crippen LogP contribution in [0.15, 0.2) is 48.5 Å². The number of nitrogens with one attached hydrogen (secondary N) is 1. The van der Waals surface area contributed by atoms with E-state index in [0.29, 0.717) is 29.4 Å². The molecule has 1 N–H and O–H groups in total. The molecule has 0 aromatic heterocycles. The number of hydrogen-bond acceptors (Lipinski definition) is 6. The molecule has 0 spiro atoms. The molecule has 0 aliphatic rings. The van der Waals surface area contributed by atoms with Crippen molar-refractivity contribution in [3.8, 4) is 17.2 Å². The smallest absolute Gasteiger partial charge is 0.331 e. The summed E-state index contributed by atoms with van der Waals surface area (Å²) in [4.78, 5) is 23.9. The molecule has 0 aliphatic carbocycles. The summed E-state index contributed by atoms with van der Waals surface area (Å²) in [6.07, 6.45) is 2.78. The van der Waals surface area contributed by atoms with Crippen LogP contribution in [0, 0.1) is 0 Å². The third-order valence-corrected chi connectivity index (χ3v) is 4.42.